The van der Waals surface area contributed by atoms with Gasteiger partial charge in [0.1, 0.15) is 6.67 Å². The van der Waals surface area contributed by atoms with Crippen LogP contribution < -0.4 is 5.32 Å². The predicted octanol–water partition coefficient (Wildman–Crippen LogP) is 1.96. The summed E-state index contributed by atoms with van der Waals surface area (Å²) in [7, 11) is 0. The second-order valence-electron chi connectivity index (χ2n) is 5.23. The Labute approximate surface area is 121 Å². The Kier molecular flexibility index (Phi) is 3.98. The van der Waals surface area contributed by atoms with E-state index in [0.717, 1.165) is 18.5 Å². The van der Waals surface area contributed by atoms with Gasteiger partial charge in [0, 0.05) is 24.2 Å². The van der Waals surface area contributed by atoms with Crippen molar-refractivity contribution < 1.29 is 9.18 Å². The molecule has 0 aliphatic heterocycles. The van der Waals surface area contributed by atoms with Crippen LogP contribution in [0.4, 0.5) is 10.2 Å². The molecule has 0 bridgehead atoms. The van der Waals surface area contributed by atoms with E-state index in [1.807, 2.05) is 10.7 Å². The molecule has 3 rings (SSSR count). The molecular weight excluding hydrogens is 273 g/mol. The lowest BCUT2D eigenvalue weighted by atomic mass is 9.93. The molecule has 0 saturated heterocycles. The smallest absolute Gasteiger partial charge is 0.231 e. The standard InChI is InChI=1S/C14H18FN5O/c15-6-9-19-8-5-13(18-19)17-14(21)10-12-4-7-16-20(12)11-2-1-3-11/h4-5,7-8,11H,1-3,6,9-10H2,(H,17,18,21). The van der Waals surface area contributed by atoms with Crippen molar-refractivity contribution in [2.45, 2.75) is 38.3 Å². The van der Waals surface area contributed by atoms with E-state index in [0.29, 0.717) is 11.9 Å². The third-order valence-electron chi connectivity index (χ3n) is 3.74. The maximum absolute atomic E-state index is 12.2. The highest BCUT2D eigenvalue weighted by Crippen LogP contribution is 2.31. The number of aryl methyl sites for hydroxylation is 1. The minimum atomic E-state index is -0.477. The van der Waals surface area contributed by atoms with E-state index < -0.39 is 6.67 Å². The van der Waals surface area contributed by atoms with E-state index in [2.05, 4.69) is 15.5 Å². The lowest BCUT2D eigenvalue weighted by molar-refractivity contribution is -0.115. The Morgan fingerprint density at radius 3 is 3.00 bits per heavy atom. The van der Waals surface area contributed by atoms with Gasteiger partial charge in [0.05, 0.1) is 19.0 Å². The van der Waals surface area contributed by atoms with Gasteiger partial charge in [-0.25, -0.2) is 4.39 Å². The van der Waals surface area contributed by atoms with Gasteiger partial charge in [-0.15, -0.1) is 0 Å². The van der Waals surface area contributed by atoms with Crippen LogP contribution in [-0.2, 0) is 17.8 Å². The van der Waals surface area contributed by atoms with Crippen molar-refractivity contribution in [1.82, 2.24) is 19.6 Å². The zero-order valence-corrected chi connectivity index (χ0v) is 11.7. The Bertz CT molecular complexity index is 616. The number of hydrogen-bond donors (Lipinski definition) is 1. The van der Waals surface area contributed by atoms with Crippen LogP contribution in [0, 0.1) is 0 Å². The number of halogens is 1. The second-order valence-corrected chi connectivity index (χ2v) is 5.23. The Hall–Kier alpha value is -2.18. The van der Waals surface area contributed by atoms with Gasteiger partial charge >= 0.3 is 0 Å². The SMILES string of the molecule is O=C(Cc1ccnn1C1CCC1)Nc1ccn(CCF)n1. The highest BCUT2D eigenvalue weighted by Gasteiger charge is 2.22. The molecule has 2 aromatic heterocycles. The lowest BCUT2D eigenvalue weighted by Gasteiger charge is -2.27. The zero-order valence-electron chi connectivity index (χ0n) is 11.7. The highest BCUT2D eigenvalue weighted by molar-refractivity contribution is 5.91. The van der Waals surface area contributed by atoms with Crippen molar-refractivity contribution in [3.8, 4) is 0 Å². The number of aromatic nitrogens is 4. The largest absolute Gasteiger partial charge is 0.309 e. The van der Waals surface area contributed by atoms with Gasteiger partial charge in [0.25, 0.3) is 0 Å². The number of anilines is 1. The Balaban J connectivity index is 1.59. The fourth-order valence-corrected chi connectivity index (χ4v) is 2.43. The van der Waals surface area contributed by atoms with Gasteiger partial charge in [0.2, 0.25) is 5.91 Å². The van der Waals surface area contributed by atoms with E-state index in [9.17, 15) is 9.18 Å². The van der Waals surface area contributed by atoms with Crippen molar-refractivity contribution in [2.75, 3.05) is 12.0 Å². The highest BCUT2D eigenvalue weighted by atomic mass is 19.1. The van der Waals surface area contributed by atoms with Crippen LogP contribution in [0.25, 0.3) is 0 Å². The number of hydrogen-bond acceptors (Lipinski definition) is 3. The molecule has 0 unspecified atom stereocenters. The summed E-state index contributed by atoms with van der Waals surface area (Å²) in [5.74, 6) is 0.310. The molecule has 1 saturated carbocycles. The maximum Gasteiger partial charge on any atom is 0.231 e. The molecule has 0 radical (unpaired) electrons. The van der Waals surface area contributed by atoms with Gasteiger partial charge < -0.3 is 5.32 Å². The van der Waals surface area contributed by atoms with Crippen molar-refractivity contribution in [3.05, 3.63) is 30.2 Å². The van der Waals surface area contributed by atoms with E-state index in [-0.39, 0.29) is 18.9 Å². The summed E-state index contributed by atoms with van der Waals surface area (Å²) in [4.78, 5) is 12.1. The first-order valence-corrected chi connectivity index (χ1v) is 7.18. The number of nitrogens with zero attached hydrogens (tertiary/aromatic N) is 4. The fourth-order valence-electron chi connectivity index (χ4n) is 2.43. The van der Waals surface area contributed by atoms with Gasteiger partial charge in [-0.05, 0) is 25.3 Å². The minimum Gasteiger partial charge on any atom is -0.309 e. The Morgan fingerprint density at radius 2 is 2.29 bits per heavy atom. The van der Waals surface area contributed by atoms with Crippen LogP contribution in [0.1, 0.15) is 31.0 Å². The van der Waals surface area contributed by atoms with Crippen LogP contribution in [0.5, 0.6) is 0 Å². The molecule has 0 atom stereocenters. The summed E-state index contributed by atoms with van der Waals surface area (Å²) >= 11 is 0. The summed E-state index contributed by atoms with van der Waals surface area (Å²) in [6.45, 7) is -0.278. The maximum atomic E-state index is 12.2. The Morgan fingerprint density at radius 1 is 1.43 bits per heavy atom. The van der Waals surface area contributed by atoms with Crippen LogP contribution >= 0.6 is 0 Å². The molecule has 1 aliphatic carbocycles. The van der Waals surface area contributed by atoms with Crippen molar-refractivity contribution in [2.24, 2.45) is 0 Å². The first-order chi connectivity index (χ1) is 10.3. The summed E-state index contributed by atoms with van der Waals surface area (Å²) in [6.07, 6.45) is 7.13. The molecule has 1 amide bonds. The number of rotatable bonds is 6. The molecule has 2 heterocycles. The van der Waals surface area contributed by atoms with Crippen molar-refractivity contribution >= 4 is 11.7 Å². The first kappa shape index (κ1) is 13.8. The normalized spacial score (nSPS) is 14.9. The molecule has 1 fully saturated rings. The number of carbonyl (C=O) groups is 1. The third-order valence-corrected chi connectivity index (χ3v) is 3.74. The fraction of sp³-hybridized carbons (Fsp3) is 0.500. The summed E-state index contributed by atoms with van der Waals surface area (Å²) in [6, 6.07) is 3.97. The molecule has 21 heavy (non-hydrogen) atoms. The van der Waals surface area contributed by atoms with Crippen LogP contribution in [0.2, 0.25) is 0 Å². The minimum absolute atomic E-state index is 0.137. The summed E-state index contributed by atoms with van der Waals surface area (Å²) < 4.78 is 15.6. The summed E-state index contributed by atoms with van der Waals surface area (Å²) in [5, 5.41) is 11.1. The molecule has 112 valence electrons. The van der Waals surface area contributed by atoms with Gasteiger partial charge in [-0.3, -0.25) is 14.2 Å². The van der Waals surface area contributed by atoms with E-state index >= 15 is 0 Å². The van der Waals surface area contributed by atoms with Gasteiger partial charge in [0.15, 0.2) is 5.82 Å². The van der Waals surface area contributed by atoms with Crippen molar-refractivity contribution in [1.29, 1.82) is 0 Å². The molecular formula is C14H18FN5O. The van der Waals surface area contributed by atoms with E-state index in [4.69, 9.17) is 0 Å². The van der Waals surface area contributed by atoms with Crippen LogP contribution in [0.15, 0.2) is 24.5 Å². The molecule has 2 aromatic rings. The number of nitrogens with one attached hydrogen (secondary N) is 1. The molecule has 0 spiro atoms. The van der Waals surface area contributed by atoms with Gasteiger partial charge in [-0.2, -0.15) is 10.2 Å². The summed E-state index contributed by atoms with van der Waals surface area (Å²) in [5.41, 5.74) is 0.917. The second kappa shape index (κ2) is 6.07. The number of amides is 1. The van der Waals surface area contributed by atoms with Crippen molar-refractivity contribution in [3.63, 3.8) is 0 Å². The molecule has 6 nitrogen and oxygen atoms in total. The third kappa shape index (κ3) is 3.12. The zero-order chi connectivity index (χ0) is 14.7. The van der Waals surface area contributed by atoms with Crippen LogP contribution in [0.3, 0.4) is 0 Å². The average molecular weight is 291 g/mol. The average Bonchev–Trinajstić information content (AvgIpc) is 2.99. The van der Waals surface area contributed by atoms with E-state index in [1.54, 1.807) is 18.5 Å². The first-order valence-electron chi connectivity index (χ1n) is 7.18. The molecule has 1 N–H and O–H groups in total. The topological polar surface area (TPSA) is 64.7 Å². The molecule has 0 aromatic carbocycles. The van der Waals surface area contributed by atoms with Crippen LogP contribution in [-0.4, -0.2) is 32.1 Å². The van der Waals surface area contributed by atoms with Gasteiger partial charge in [-0.1, -0.05) is 0 Å². The van der Waals surface area contributed by atoms with E-state index in [1.165, 1.54) is 11.1 Å². The monoisotopic (exact) mass is 291 g/mol. The predicted molar refractivity (Wildman–Crippen MR) is 75.7 cm³/mol. The molecule has 1 aliphatic rings. The quantitative estimate of drug-likeness (QED) is 0.884. The lowest BCUT2D eigenvalue weighted by Crippen LogP contribution is -2.23. The number of carbonyl (C=O) groups excluding carboxylic acids is 1. The molecule has 7 heteroatoms. The number of alkyl halides is 1.